The molecule has 19 heavy (non-hydrogen) atoms. The lowest BCUT2D eigenvalue weighted by Crippen LogP contribution is -2.29. The normalized spacial score (nSPS) is 11.8. The highest BCUT2D eigenvalue weighted by Crippen LogP contribution is 2.19. The smallest absolute Gasteiger partial charge is 0.246 e. The van der Waals surface area contributed by atoms with Crippen molar-refractivity contribution in [2.24, 2.45) is 0 Å². The lowest BCUT2D eigenvalue weighted by molar-refractivity contribution is 0.156. The second kappa shape index (κ2) is 7.22. The van der Waals surface area contributed by atoms with Crippen molar-refractivity contribution in [1.82, 2.24) is 4.72 Å². The fourth-order valence-corrected chi connectivity index (χ4v) is 2.62. The van der Waals surface area contributed by atoms with Crippen molar-refractivity contribution in [3.63, 3.8) is 0 Å². The summed E-state index contributed by atoms with van der Waals surface area (Å²) in [5, 5.41) is 0.584. The zero-order valence-electron chi connectivity index (χ0n) is 9.63. The number of alkyl halides is 1. The molecule has 0 amide bonds. The predicted molar refractivity (Wildman–Crippen MR) is 66.1 cm³/mol. The topological polar surface area (TPSA) is 55.4 Å². The summed E-state index contributed by atoms with van der Waals surface area (Å²) < 4.78 is 69.5. The second-order valence-corrected chi connectivity index (χ2v) is 5.89. The summed E-state index contributed by atoms with van der Waals surface area (Å²) in [4.78, 5) is -1.20. The van der Waals surface area contributed by atoms with Crippen LogP contribution < -0.4 is 4.72 Å². The van der Waals surface area contributed by atoms with Crippen LogP contribution >= 0.6 is 15.9 Å². The lowest BCUT2D eigenvalue weighted by atomic mass is 10.3. The number of rotatable bonds is 7. The van der Waals surface area contributed by atoms with Crippen LogP contribution in [0.1, 0.15) is 0 Å². The van der Waals surface area contributed by atoms with Crippen LogP contribution in [-0.2, 0) is 14.8 Å². The molecule has 0 fully saturated rings. The number of hydrogen-bond donors (Lipinski definition) is 1. The van der Waals surface area contributed by atoms with E-state index in [4.69, 9.17) is 4.74 Å². The summed E-state index contributed by atoms with van der Waals surface area (Å²) >= 11 is 3.11. The highest BCUT2D eigenvalue weighted by Gasteiger charge is 2.24. The average molecular weight is 362 g/mol. The Morgan fingerprint density at radius 3 is 2.26 bits per heavy atom. The van der Waals surface area contributed by atoms with E-state index in [1.54, 1.807) is 0 Å². The Morgan fingerprint density at radius 1 is 1.16 bits per heavy atom. The van der Waals surface area contributed by atoms with E-state index in [0.29, 0.717) is 24.1 Å². The molecule has 0 saturated carbocycles. The third-order valence-electron chi connectivity index (χ3n) is 1.99. The van der Waals surface area contributed by atoms with Crippen molar-refractivity contribution in [1.29, 1.82) is 0 Å². The third kappa shape index (κ3) is 4.75. The molecular formula is C10H11BrF3NO3S. The minimum Gasteiger partial charge on any atom is -0.379 e. The van der Waals surface area contributed by atoms with Crippen LogP contribution in [0.3, 0.4) is 0 Å². The van der Waals surface area contributed by atoms with E-state index in [1.807, 2.05) is 4.72 Å². The first-order valence-electron chi connectivity index (χ1n) is 5.16. The van der Waals surface area contributed by atoms with Crippen molar-refractivity contribution in [3.05, 3.63) is 29.6 Å². The lowest BCUT2D eigenvalue weighted by Gasteiger charge is -2.09. The molecule has 0 radical (unpaired) electrons. The van der Waals surface area contributed by atoms with E-state index in [9.17, 15) is 21.6 Å². The van der Waals surface area contributed by atoms with Gasteiger partial charge in [0.25, 0.3) is 0 Å². The van der Waals surface area contributed by atoms with Gasteiger partial charge >= 0.3 is 0 Å². The van der Waals surface area contributed by atoms with Crippen LogP contribution in [0.15, 0.2) is 17.0 Å². The summed E-state index contributed by atoms with van der Waals surface area (Å²) in [6, 6.07) is 0.609. The maximum atomic E-state index is 13.3. The highest BCUT2D eigenvalue weighted by molar-refractivity contribution is 9.09. The molecule has 0 aliphatic carbocycles. The number of ether oxygens (including phenoxy) is 1. The average Bonchev–Trinajstić information content (AvgIpc) is 2.26. The van der Waals surface area contributed by atoms with Crippen LogP contribution in [0, 0.1) is 17.5 Å². The van der Waals surface area contributed by atoms with Crippen LogP contribution in [0.4, 0.5) is 13.2 Å². The fraction of sp³-hybridized carbons (Fsp3) is 0.400. The zero-order valence-corrected chi connectivity index (χ0v) is 12.0. The quantitative estimate of drug-likeness (QED) is 0.595. The summed E-state index contributed by atoms with van der Waals surface area (Å²) in [7, 11) is -4.38. The van der Waals surface area contributed by atoms with Crippen LogP contribution in [-0.4, -0.2) is 33.5 Å². The van der Waals surface area contributed by atoms with E-state index < -0.39 is 32.4 Å². The molecule has 0 bridgehead atoms. The minimum atomic E-state index is -4.38. The third-order valence-corrected chi connectivity index (χ3v) is 3.83. The van der Waals surface area contributed by atoms with Gasteiger partial charge in [-0.1, -0.05) is 15.9 Å². The first-order chi connectivity index (χ1) is 8.88. The molecule has 0 aromatic heterocycles. The van der Waals surface area contributed by atoms with E-state index in [-0.39, 0.29) is 13.2 Å². The number of halogens is 4. The van der Waals surface area contributed by atoms with Crippen molar-refractivity contribution in [2.75, 3.05) is 25.1 Å². The van der Waals surface area contributed by atoms with Gasteiger partial charge in [-0.05, 0) is 0 Å². The summed E-state index contributed by atoms with van der Waals surface area (Å²) in [5.41, 5.74) is 0. The molecule has 0 aliphatic heterocycles. The van der Waals surface area contributed by atoms with E-state index in [0.717, 1.165) is 0 Å². The monoisotopic (exact) mass is 361 g/mol. The molecule has 0 aliphatic rings. The van der Waals surface area contributed by atoms with Gasteiger partial charge in [0, 0.05) is 24.0 Å². The number of benzene rings is 1. The fourth-order valence-electron chi connectivity index (χ4n) is 1.26. The van der Waals surface area contributed by atoms with Crippen molar-refractivity contribution >= 4 is 26.0 Å². The van der Waals surface area contributed by atoms with Crippen LogP contribution in [0.5, 0.6) is 0 Å². The van der Waals surface area contributed by atoms with Gasteiger partial charge < -0.3 is 4.74 Å². The van der Waals surface area contributed by atoms with E-state index >= 15 is 0 Å². The molecule has 108 valence electrons. The molecule has 0 spiro atoms. The predicted octanol–water partition coefficient (Wildman–Crippen LogP) is 1.79. The highest BCUT2D eigenvalue weighted by atomic mass is 79.9. The summed E-state index contributed by atoms with van der Waals surface area (Å²) in [6.45, 7) is 0.280. The standard InChI is InChI=1S/C10H11BrF3NO3S/c11-1-3-18-4-2-15-19(16,17)10-8(13)5-7(12)6-9(10)14/h5-6,15H,1-4H2. The Balaban J connectivity index is 2.78. The molecule has 1 rings (SSSR count). The van der Waals surface area contributed by atoms with E-state index in [1.165, 1.54) is 0 Å². The molecule has 0 unspecified atom stereocenters. The summed E-state index contributed by atoms with van der Waals surface area (Å²) in [6.07, 6.45) is 0. The molecule has 1 aromatic carbocycles. The summed E-state index contributed by atoms with van der Waals surface area (Å²) in [5.74, 6) is -4.15. The van der Waals surface area contributed by atoms with Gasteiger partial charge in [0.1, 0.15) is 17.5 Å². The molecule has 0 saturated heterocycles. The van der Waals surface area contributed by atoms with Gasteiger partial charge in [-0.2, -0.15) is 0 Å². The maximum absolute atomic E-state index is 13.3. The molecule has 0 atom stereocenters. The molecular weight excluding hydrogens is 351 g/mol. The van der Waals surface area contributed by atoms with Gasteiger partial charge in [-0.3, -0.25) is 0 Å². The Bertz CT molecular complexity index is 516. The van der Waals surface area contributed by atoms with E-state index in [2.05, 4.69) is 15.9 Å². The first kappa shape index (κ1) is 16.4. The van der Waals surface area contributed by atoms with Crippen molar-refractivity contribution < 1.29 is 26.3 Å². The Kier molecular flexibility index (Phi) is 6.24. The second-order valence-electron chi connectivity index (χ2n) is 3.40. The largest absolute Gasteiger partial charge is 0.379 e. The molecule has 4 nitrogen and oxygen atoms in total. The SMILES string of the molecule is O=S(=O)(NCCOCCBr)c1c(F)cc(F)cc1F. The molecule has 1 aromatic rings. The van der Waals surface area contributed by atoms with Crippen molar-refractivity contribution in [3.8, 4) is 0 Å². The first-order valence-corrected chi connectivity index (χ1v) is 7.77. The van der Waals surface area contributed by atoms with Gasteiger partial charge in [0.2, 0.25) is 10.0 Å². The van der Waals surface area contributed by atoms with Gasteiger partial charge in [-0.25, -0.2) is 26.3 Å². The van der Waals surface area contributed by atoms with Gasteiger partial charge in [-0.15, -0.1) is 0 Å². The van der Waals surface area contributed by atoms with Gasteiger partial charge in [0.15, 0.2) is 4.90 Å². The number of sulfonamides is 1. The van der Waals surface area contributed by atoms with Gasteiger partial charge in [0.05, 0.1) is 13.2 Å². The Labute approximate surface area is 117 Å². The minimum absolute atomic E-state index is 0.0509. The van der Waals surface area contributed by atoms with Crippen molar-refractivity contribution in [2.45, 2.75) is 4.90 Å². The Hall–Kier alpha value is -0.640. The maximum Gasteiger partial charge on any atom is 0.246 e. The zero-order chi connectivity index (χ0) is 14.5. The molecule has 9 heteroatoms. The Morgan fingerprint density at radius 2 is 1.74 bits per heavy atom. The number of hydrogen-bond acceptors (Lipinski definition) is 3. The number of nitrogens with one attached hydrogen (secondary N) is 1. The molecule has 1 N–H and O–H groups in total. The van der Waals surface area contributed by atoms with Crippen LogP contribution in [0.2, 0.25) is 0 Å². The molecule has 0 heterocycles. The van der Waals surface area contributed by atoms with Crippen LogP contribution in [0.25, 0.3) is 0 Å².